The number of rotatable bonds is 2. The Morgan fingerprint density at radius 2 is 1.38 bits per heavy atom. The summed E-state index contributed by atoms with van der Waals surface area (Å²) in [6, 6.07) is 16.8. The predicted molar refractivity (Wildman–Crippen MR) is 74.4 cm³/mol. The van der Waals surface area contributed by atoms with Gasteiger partial charge in [-0.15, -0.1) is 0 Å². The third kappa shape index (κ3) is 2.64. The minimum absolute atomic E-state index is 0.731. The van der Waals surface area contributed by atoms with E-state index in [4.69, 9.17) is 11.2 Å². The van der Waals surface area contributed by atoms with Gasteiger partial charge in [0.2, 0.25) is 0 Å². The standard InChI is InChI=1S/C14H14ClP/c1-11-8-12(2)10-14(9-11)16(15)13-6-4-3-5-7-13/h3-10H,1-2H3. The van der Waals surface area contributed by atoms with Gasteiger partial charge in [0.1, 0.15) is 0 Å². The van der Waals surface area contributed by atoms with Gasteiger partial charge >= 0.3 is 0 Å². The van der Waals surface area contributed by atoms with E-state index in [0.29, 0.717) is 0 Å². The lowest BCUT2D eigenvalue weighted by Crippen LogP contribution is -2.08. The van der Waals surface area contributed by atoms with Crippen molar-refractivity contribution in [3.63, 3.8) is 0 Å². The Balaban J connectivity index is 2.37. The Morgan fingerprint density at radius 3 is 1.94 bits per heavy atom. The summed E-state index contributed by atoms with van der Waals surface area (Å²) in [4.78, 5) is 0. The molecule has 0 heterocycles. The van der Waals surface area contributed by atoms with E-state index in [2.05, 4.69) is 44.2 Å². The largest absolute Gasteiger partial charge is 0.0859 e. The molecule has 0 saturated heterocycles. The summed E-state index contributed by atoms with van der Waals surface area (Å²) in [5, 5.41) is 2.45. The highest BCUT2D eigenvalue weighted by Gasteiger charge is 2.10. The molecule has 0 saturated carbocycles. The molecule has 0 bridgehead atoms. The van der Waals surface area contributed by atoms with Crippen molar-refractivity contribution in [3.05, 3.63) is 59.7 Å². The van der Waals surface area contributed by atoms with Crippen molar-refractivity contribution in [2.24, 2.45) is 0 Å². The van der Waals surface area contributed by atoms with Gasteiger partial charge in [-0.1, -0.05) is 70.9 Å². The van der Waals surface area contributed by atoms with E-state index in [1.54, 1.807) is 0 Å². The van der Waals surface area contributed by atoms with Crippen molar-refractivity contribution in [2.75, 3.05) is 0 Å². The Hall–Kier alpha value is -0.840. The second-order valence-electron chi connectivity index (χ2n) is 3.96. The van der Waals surface area contributed by atoms with Crippen molar-refractivity contribution >= 4 is 29.1 Å². The van der Waals surface area contributed by atoms with E-state index >= 15 is 0 Å². The molecule has 1 unspecified atom stereocenters. The smallest absolute Gasteiger partial charge is 0.0524 e. The van der Waals surface area contributed by atoms with Crippen LogP contribution in [0, 0.1) is 13.8 Å². The molecule has 82 valence electrons. The van der Waals surface area contributed by atoms with Crippen molar-refractivity contribution < 1.29 is 0 Å². The lowest BCUT2D eigenvalue weighted by atomic mass is 10.2. The van der Waals surface area contributed by atoms with Crippen LogP contribution in [0.3, 0.4) is 0 Å². The van der Waals surface area contributed by atoms with Crippen LogP contribution in [-0.4, -0.2) is 0 Å². The van der Waals surface area contributed by atoms with Crippen molar-refractivity contribution in [2.45, 2.75) is 13.8 Å². The second-order valence-corrected chi connectivity index (χ2v) is 6.57. The summed E-state index contributed by atoms with van der Waals surface area (Å²) in [6.07, 6.45) is 0. The Bertz CT molecular complexity index is 459. The van der Waals surface area contributed by atoms with E-state index < -0.39 is 7.27 Å². The van der Waals surface area contributed by atoms with Crippen LogP contribution in [0.15, 0.2) is 48.5 Å². The monoisotopic (exact) mass is 248 g/mol. The van der Waals surface area contributed by atoms with Gasteiger partial charge in [-0.2, -0.15) is 0 Å². The first-order valence-electron chi connectivity index (χ1n) is 5.26. The lowest BCUT2D eigenvalue weighted by Gasteiger charge is -2.11. The molecule has 2 rings (SSSR count). The number of halogens is 1. The van der Waals surface area contributed by atoms with E-state index in [0.717, 1.165) is 0 Å². The van der Waals surface area contributed by atoms with E-state index in [1.807, 2.05) is 18.2 Å². The Kier molecular flexibility index (Phi) is 3.63. The number of hydrogen-bond donors (Lipinski definition) is 0. The zero-order valence-corrected chi connectivity index (χ0v) is 11.1. The summed E-state index contributed by atoms with van der Waals surface area (Å²) < 4.78 is 0. The van der Waals surface area contributed by atoms with Crippen molar-refractivity contribution in [1.29, 1.82) is 0 Å². The van der Waals surface area contributed by atoms with Gasteiger partial charge in [-0.05, 0) is 24.5 Å². The summed E-state index contributed by atoms with van der Waals surface area (Å²) >= 11 is 6.54. The lowest BCUT2D eigenvalue weighted by molar-refractivity contribution is 1.40. The highest BCUT2D eigenvalue weighted by Crippen LogP contribution is 2.39. The topological polar surface area (TPSA) is 0 Å². The molecule has 0 aromatic heterocycles. The Morgan fingerprint density at radius 1 is 0.812 bits per heavy atom. The summed E-state index contributed by atoms with van der Waals surface area (Å²) in [5.74, 6) is 0. The van der Waals surface area contributed by atoms with Gasteiger partial charge in [-0.3, -0.25) is 0 Å². The molecule has 0 amide bonds. The Labute approximate surface area is 103 Å². The van der Waals surface area contributed by atoms with Crippen molar-refractivity contribution in [3.8, 4) is 0 Å². The number of aryl methyl sites for hydroxylation is 2. The quantitative estimate of drug-likeness (QED) is 0.708. The molecular weight excluding hydrogens is 235 g/mol. The molecule has 0 fully saturated rings. The van der Waals surface area contributed by atoms with Crippen LogP contribution in [0.25, 0.3) is 0 Å². The van der Waals surface area contributed by atoms with Gasteiger partial charge in [0.15, 0.2) is 0 Å². The maximum absolute atomic E-state index is 6.54. The van der Waals surface area contributed by atoms with Crippen LogP contribution < -0.4 is 10.6 Å². The van der Waals surface area contributed by atoms with Crippen LogP contribution in [-0.2, 0) is 0 Å². The first-order chi connectivity index (χ1) is 7.66. The molecule has 0 aliphatic rings. The molecule has 0 aliphatic heterocycles. The zero-order chi connectivity index (χ0) is 11.5. The molecule has 0 aliphatic carbocycles. The molecule has 2 aromatic carbocycles. The molecule has 0 N–H and O–H groups in total. The SMILES string of the molecule is Cc1cc(C)cc(P(Cl)c2ccccc2)c1. The molecule has 2 aromatic rings. The zero-order valence-electron chi connectivity index (χ0n) is 9.44. The fourth-order valence-electron chi connectivity index (χ4n) is 1.77. The van der Waals surface area contributed by atoms with Gasteiger partial charge in [0.05, 0.1) is 7.27 Å². The summed E-state index contributed by atoms with van der Waals surface area (Å²) in [7, 11) is -0.731. The minimum atomic E-state index is -0.731. The first-order valence-corrected chi connectivity index (χ1v) is 7.51. The predicted octanol–water partition coefficient (Wildman–Crippen LogP) is 3.89. The minimum Gasteiger partial charge on any atom is -0.0859 e. The average molecular weight is 249 g/mol. The number of hydrogen-bond acceptors (Lipinski definition) is 0. The first kappa shape index (κ1) is 11.6. The van der Waals surface area contributed by atoms with Crippen LogP contribution in [0.1, 0.15) is 11.1 Å². The molecular formula is C14H14ClP. The van der Waals surface area contributed by atoms with E-state index in [-0.39, 0.29) is 0 Å². The van der Waals surface area contributed by atoms with Crippen LogP contribution >= 0.6 is 18.5 Å². The van der Waals surface area contributed by atoms with E-state index in [1.165, 1.54) is 21.7 Å². The normalized spacial score (nSPS) is 12.4. The maximum Gasteiger partial charge on any atom is 0.0524 e. The van der Waals surface area contributed by atoms with E-state index in [9.17, 15) is 0 Å². The summed E-state index contributed by atoms with van der Waals surface area (Å²) in [6.45, 7) is 4.23. The highest BCUT2D eigenvalue weighted by atomic mass is 35.7. The molecule has 0 spiro atoms. The van der Waals surface area contributed by atoms with Crippen LogP contribution in [0.2, 0.25) is 0 Å². The van der Waals surface area contributed by atoms with Gasteiger partial charge in [-0.25, -0.2) is 0 Å². The van der Waals surface area contributed by atoms with Gasteiger partial charge in [0, 0.05) is 0 Å². The fraction of sp³-hybridized carbons (Fsp3) is 0.143. The van der Waals surface area contributed by atoms with Gasteiger partial charge < -0.3 is 0 Å². The molecule has 0 nitrogen and oxygen atoms in total. The maximum atomic E-state index is 6.54. The number of benzene rings is 2. The average Bonchev–Trinajstić information content (AvgIpc) is 2.28. The van der Waals surface area contributed by atoms with Crippen LogP contribution in [0.4, 0.5) is 0 Å². The second kappa shape index (κ2) is 4.99. The molecule has 0 radical (unpaired) electrons. The highest BCUT2D eigenvalue weighted by molar-refractivity contribution is 7.95. The molecule has 2 heteroatoms. The van der Waals surface area contributed by atoms with Crippen LogP contribution in [0.5, 0.6) is 0 Å². The summed E-state index contributed by atoms with van der Waals surface area (Å²) in [5.41, 5.74) is 2.55. The fourth-order valence-corrected chi connectivity index (χ4v) is 3.77. The third-order valence-corrected chi connectivity index (χ3v) is 5.05. The third-order valence-electron chi connectivity index (χ3n) is 2.42. The molecule has 1 atom stereocenters. The molecule has 16 heavy (non-hydrogen) atoms. The van der Waals surface area contributed by atoms with Gasteiger partial charge in [0.25, 0.3) is 0 Å². The van der Waals surface area contributed by atoms with Crippen molar-refractivity contribution in [1.82, 2.24) is 0 Å².